The highest BCUT2D eigenvalue weighted by Gasteiger charge is 2.32. The number of pyridine rings is 1. The van der Waals surface area contributed by atoms with Crippen molar-refractivity contribution in [3.05, 3.63) is 54.3 Å². The van der Waals surface area contributed by atoms with Gasteiger partial charge in [0, 0.05) is 31.6 Å². The summed E-state index contributed by atoms with van der Waals surface area (Å²) in [5, 5.41) is 20.1. The SMILES string of the molecule is COc1c(Nc2cc(NC3=CCCC(C#N)=N3)ncc2C(=O)C2CC2)cccc1-c1ncn(C)n1. The molecule has 0 radical (unpaired) electrons. The van der Waals surface area contributed by atoms with Crippen LogP contribution in [0.25, 0.3) is 11.4 Å². The van der Waals surface area contributed by atoms with E-state index in [0.29, 0.717) is 52.3 Å². The molecule has 0 saturated heterocycles. The van der Waals surface area contributed by atoms with Crippen LogP contribution in [0.3, 0.4) is 0 Å². The van der Waals surface area contributed by atoms with Gasteiger partial charge in [-0.05, 0) is 37.5 Å². The largest absolute Gasteiger partial charge is 0.494 e. The predicted molar refractivity (Wildman–Crippen MR) is 132 cm³/mol. The van der Waals surface area contributed by atoms with E-state index in [9.17, 15) is 10.1 Å². The number of ketones is 1. The quantitative estimate of drug-likeness (QED) is 0.470. The molecule has 1 saturated carbocycles. The Morgan fingerprint density at radius 3 is 2.80 bits per heavy atom. The maximum Gasteiger partial charge on any atom is 0.184 e. The molecular formula is C25H24N8O2. The van der Waals surface area contributed by atoms with Crippen LogP contribution in [0.5, 0.6) is 5.75 Å². The Balaban J connectivity index is 1.51. The van der Waals surface area contributed by atoms with Crippen molar-refractivity contribution in [2.45, 2.75) is 25.7 Å². The van der Waals surface area contributed by atoms with Crippen LogP contribution in [-0.2, 0) is 7.05 Å². The van der Waals surface area contributed by atoms with Gasteiger partial charge in [0.05, 0.1) is 29.6 Å². The van der Waals surface area contributed by atoms with E-state index in [1.54, 1.807) is 37.4 Å². The molecule has 176 valence electrons. The molecule has 1 fully saturated rings. The summed E-state index contributed by atoms with van der Waals surface area (Å²) in [6, 6.07) is 9.52. The molecule has 0 amide bonds. The minimum atomic E-state index is 0.0333. The first-order valence-corrected chi connectivity index (χ1v) is 11.3. The normalized spacial score (nSPS) is 15.0. The first kappa shape index (κ1) is 22.3. The Morgan fingerprint density at radius 2 is 2.09 bits per heavy atom. The van der Waals surface area contributed by atoms with Gasteiger partial charge in [0.2, 0.25) is 0 Å². The standard InChI is InChI=1S/C25H24N8O2/c1-33-14-28-25(32-33)17-6-4-7-19(24(17)35-2)30-20-11-22(27-13-18(20)23(34)15-9-10-15)31-21-8-3-5-16(12-26)29-21/h4,6-8,11,13-15H,3,5,9-10H2,1-2H3,(H2,27,30,31). The molecular weight excluding hydrogens is 444 g/mol. The average Bonchev–Trinajstić information content (AvgIpc) is 3.64. The second kappa shape index (κ2) is 9.38. The lowest BCUT2D eigenvalue weighted by Gasteiger charge is -2.17. The van der Waals surface area contributed by atoms with Crippen LogP contribution < -0.4 is 15.4 Å². The van der Waals surface area contributed by atoms with E-state index in [-0.39, 0.29) is 11.7 Å². The number of nitrogens with zero attached hydrogens (tertiary/aromatic N) is 6. The minimum Gasteiger partial charge on any atom is -0.494 e. The number of methoxy groups -OCH3 is 1. The fraction of sp³-hybridized carbons (Fsp3) is 0.280. The fourth-order valence-corrected chi connectivity index (χ4v) is 3.91. The van der Waals surface area contributed by atoms with E-state index in [4.69, 9.17) is 4.74 Å². The van der Waals surface area contributed by atoms with Crippen LogP contribution >= 0.6 is 0 Å². The molecule has 5 rings (SSSR count). The zero-order chi connectivity index (χ0) is 24.4. The highest BCUT2D eigenvalue weighted by molar-refractivity contribution is 6.05. The lowest BCUT2D eigenvalue weighted by molar-refractivity contribution is 0.0968. The van der Waals surface area contributed by atoms with Gasteiger partial charge in [-0.3, -0.25) is 9.48 Å². The van der Waals surface area contributed by atoms with Crippen molar-refractivity contribution in [1.29, 1.82) is 5.26 Å². The third-order valence-corrected chi connectivity index (χ3v) is 5.81. The Kier molecular flexibility index (Phi) is 5.97. The van der Waals surface area contributed by atoms with Crippen molar-refractivity contribution in [1.82, 2.24) is 19.7 Å². The molecule has 3 heterocycles. The molecule has 0 unspecified atom stereocenters. The van der Waals surface area contributed by atoms with Gasteiger partial charge in [-0.15, -0.1) is 0 Å². The number of hydrogen-bond acceptors (Lipinski definition) is 9. The molecule has 1 aliphatic carbocycles. The van der Waals surface area contributed by atoms with E-state index in [1.807, 2.05) is 24.3 Å². The summed E-state index contributed by atoms with van der Waals surface area (Å²) in [5.41, 5.74) is 2.98. The topological polar surface area (TPSA) is 130 Å². The number of allylic oxidation sites excluding steroid dienone is 1. The fourth-order valence-electron chi connectivity index (χ4n) is 3.91. The van der Waals surface area contributed by atoms with Gasteiger partial charge in [-0.1, -0.05) is 6.07 Å². The summed E-state index contributed by atoms with van der Waals surface area (Å²) in [6.45, 7) is 0. The van der Waals surface area contributed by atoms with Gasteiger partial charge in [0.15, 0.2) is 17.4 Å². The van der Waals surface area contributed by atoms with E-state index < -0.39 is 0 Å². The maximum absolute atomic E-state index is 13.0. The molecule has 3 aromatic rings. The monoisotopic (exact) mass is 468 g/mol. The van der Waals surface area contributed by atoms with Crippen molar-refractivity contribution < 1.29 is 9.53 Å². The van der Waals surface area contributed by atoms with Crippen LogP contribution in [0.15, 0.2) is 53.7 Å². The number of para-hydroxylation sites is 1. The Bertz CT molecular complexity index is 1390. The van der Waals surface area contributed by atoms with Crippen molar-refractivity contribution in [2.75, 3.05) is 17.7 Å². The third-order valence-electron chi connectivity index (χ3n) is 5.81. The summed E-state index contributed by atoms with van der Waals surface area (Å²) in [7, 11) is 3.39. The van der Waals surface area contributed by atoms with E-state index in [0.717, 1.165) is 24.8 Å². The molecule has 1 aliphatic heterocycles. The Hall–Kier alpha value is -4.52. The number of hydrogen-bond donors (Lipinski definition) is 2. The van der Waals surface area contributed by atoms with Crippen molar-refractivity contribution >= 4 is 28.7 Å². The third kappa shape index (κ3) is 4.75. The molecule has 0 atom stereocenters. The van der Waals surface area contributed by atoms with Gasteiger partial charge in [0.1, 0.15) is 29.7 Å². The highest BCUT2D eigenvalue weighted by Crippen LogP contribution is 2.39. The molecule has 2 aliphatic rings. The minimum absolute atomic E-state index is 0.0333. The summed E-state index contributed by atoms with van der Waals surface area (Å²) in [4.78, 5) is 26.1. The molecule has 0 bridgehead atoms. The van der Waals surface area contributed by atoms with E-state index in [1.165, 1.54) is 0 Å². The Labute approximate surface area is 202 Å². The predicted octanol–water partition coefficient (Wildman–Crippen LogP) is 4.23. The number of benzene rings is 1. The molecule has 2 aromatic heterocycles. The van der Waals surface area contributed by atoms with Crippen molar-refractivity contribution in [3.8, 4) is 23.2 Å². The van der Waals surface area contributed by atoms with Crippen molar-refractivity contribution in [2.24, 2.45) is 18.0 Å². The molecule has 1 aromatic carbocycles. The lowest BCUT2D eigenvalue weighted by Crippen LogP contribution is -2.10. The number of aliphatic imine (C=N–C) groups is 1. The second-order valence-corrected chi connectivity index (χ2v) is 8.43. The Morgan fingerprint density at radius 1 is 1.23 bits per heavy atom. The summed E-state index contributed by atoms with van der Waals surface area (Å²) in [6.07, 6.45) is 8.26. The van der Waals surface area contributed by atoms with Gasteiger partial charge >= 0.3 is 0 Å². The molecule has 2 N–H and O–H groups in total. The van der Waals surface area contributed by atoms with Gasteiger partial charge in [-0.25, -0.2) is 15.0 Å². The number of anilines is 3. The van der Waals surface area contributed by atoms with Crippen LogP contribution in [0, 0.1) is 17.2 Å². The average molecular weight is 469 g/mol. The highest BCUT2D eigenvalue weighted by atomic mass is 16.5. The number of rotatable bonds is 8. The van der Waals surface area contributed by atoms with Gasteiger partial charge < -0.3 is 15.4 Å². The number of Topliss-reactive ketones (excluding diaryl/α,β-unsaturated/α-hetero) is 1. The number of carbonyl (C=O) groups is 1. The molecule has 35 heavy (non-hydrogen) atoms. The zero-order valence-corrected chi connectivity index (χ0v) is 19.4. The van der Waals surface area contributed by atoms with Gasteiger partial charge in [0.25, 0.3) is 0 Å². The molecule has 10 heteroatoms. The number of nitriles is 1. The number of aryl methyl sites for hydroxylation is 1. The second-order valence-electron chi connectivity index (χ2n) is 8.43. The number of aromatic nitrogens is 4. The van der Waals surface area contributed by atoms with Crippen LogP contribution in [0.2, 0.25) is 0 Å². The van der Waals surface area contributed by atoms with Crippen LogP contribution in [0.1, 0.15) is 36.0 Å². The molecule has 10 nitrogen and oxygen atoms in total. The van der Waals surface area contributed by atoms with Gasteiger partial charge in [-0.2, -0.15) is 10.4 Å². The number of nitrogens with one attached hydrogen (secondary N) is 2. The number of ether oxygens (including phenoxy) is 1. The maximum atomic E-state index is 13.0. The lowest BCUT2D eigenvalue weighted by atomic mass is 10.1. The summed E-state index contributed by atoms with van der Waals surface area (Å²) in [5.74, 6) is 2.27. The first-order chi connectivity index (χ1) is 17.1. The summed E-state index contributed by atoms with van der Waals surface area (Å²) < 4.78 is 7.35. The molecule has 0 spiro atoms. The zero-order valence-electron chi connectivity index (χ0n) is 19.4. The van der Waals surface area contributed by atoms with Crippen molar-refractivity contribution in [3.63, 3.8) is 0 Å². The first-order valence-electron chi connectivity index (χ1n) is 11.3. The van der Waals surface area contributed by atoms with E-state index in [2.05, 4.69) is 36.8 Å². The number of carbonyl (C=O) groups excluding carboxylic acids is 1. The smallest absolute Gasteiger partial charge is 0.184 e. The summed E-state index contributed by atoms with van der Waals surface area (Å²) >= 11 is 0. The van der Waals surface area contributed by atoms with E-state index >= 15 is 0 Å². The van der Waals surface area contributed by atoms with Crippen LogP contribution in [-0.4, -0.2) is 38.4 Å². The van der Waals surface area contributed by atoms with Crippen LogP contribution in [0.4, 0.5) is 17.2 Å².